The number of benzene rings is 2. The van der Waals surface area contributed by atoms with Crippen LogP contribution in [0.25, 0.3) is 11.3 Å². The van der Waals surface area contributed by atoms with Crippen LogP contribution in [0.15, 0.2) is 76.0 Å². The molecule has 7 nitrogen and oxygen atoms in total. The minimum Gasteiger partial charge on any atom is -0.350 e. The molecule has 2 heterocycles. The highest BCUT2D eigenvalue weighted by molar-refractivity contribution is 9.10. The van der Waals surface area contributed by atoms with Gasteiger partial charge in [-0.2, -0.15) is 0 Å². The number of hydrogen-bond acceptors (Lipinski definition) is 5. The van der Waals surface area contributed by atoms with Crippen molar-refractivity contribution in [2.24, 2.45) is 0 Å². The molecule has 4 aromatic rings. The van der Waals surface area contributed by atoms with Crippen LogP contribution in [0, 0.1) is 0 Å². The number of halogens is 1. The number of aromatic nitrogens is 4. The third-order valence-corrected chi connectivity index (χ3v) is 4.35. The summed E-state index contributed by atoms with van der Waals surface area (Å²) < 4.78 is 7.80. The zero-order chi connectivity index (χ0) is 18.6. The highest BCUT2D eigenvalue weighted by Crippen LogP contribution is 2.19. The lowest BCUT2D eigenvalue weighted by Crippen LogP contribution is -2.12. The lowest BCUT2D eigenvalue weighted by atomic mass is 10.1. The fraction of sp³-hybridized carbons (Fsp3) is 0.0526. The van der Waals surface area contributed by atoms with Crippen LogP contribution >= 0.6 is 15.9 Å². The molecule has 27 heavy (non-hydrogen) atoms. The molecule has 0 saturated heterocycles. The van der Waals surface area contributed by atoms with Crippen LogP contribution in [0.5, 0.6) is 0 Å². The monoisotopic (exact) mass is 423 g/mol. The van der Waals surface area contributed by atoms with E-state index in [4.69, 9.17) is 4.52 Å². The molecule has 134 valence electrons. The third kappa shape index (κ3) is 4.12. The van der Waals surface area contributed by atoms with Gasteiger partial charge in [0.15, 0.2) is 0 Å². The number of rotatable bonds is 5. The quantitative estimate of drug-likeness (QED) is 0.524. The summed E-state index contributed by atoms with van der Waals surface area (Å²) in [5.41, 5.74) is 2.54. The van der Waals surface area contributed by atoms with E-state index >= 15 is 0 Å². The normalized spacial score (nSPS) is 10.7. The number of carbonyl (C=O) groups excluding carboxylic acids is 1. The van der Waals surface area contributed by atoms with Crippen molar-refractivity contribution in [2.45, 2.75) is 6.54 Å². The summed E-state index contributed by atoms with van der Waals surface area (Å²) in [5, 5.41) is 10.8. The van der Waals surface area contributed by atoms with Crippen molar-refractivity contribution >= 4 is 27.8 Å². The molecule has 0 bridgehead atoms. The molecular weight excluding hydrogens is 410 g/mol. The van der Waals surface area contributed by atoms with Gasteiger partial charge in [-0.25, -0.2) is 9.67 Å². The Morgan fingerprint density at radius 2 is 1.89 bits per heavy atom. The van der Waals surface area contributed by atoms with Gasteiger partial charge in [0.2, 0.25) is 11.7 Å². The maximum atomic E-state index is 12.3. The van der Waals surface area contributed by atoms with E-state index in [2.05, 4.69) is 36.5 Å². The predicted molar refractivity (Wildman–Crippen MR) is 103 cm³/mol. The molecule has 0 fully saturated rings. The first-order valence-electron chi connectivity index (χ1n) is 8.15. The van der Waals surface area contributed by atoms with E-state index in [1.807, 2.05) is 54.6 Å². The zero-order valence-corrected chi connectivity index (χ0v) is 15.6. The third-order valence-electron chi connectivity index (χ3n) is 3.82. The van der Waals surface area contributed by atoms with Crippen molar-refractivity contribution in [3.8, 4) is 11.3 Å². The van der Waals surface area contributed by atoms with Crippen molar-refractivity contribution in [3.05, 3.63) is 82.8 Å². The Hall–Kier alpha value is -3.26. The molecule has 0 radical (unpaired) electrons. The number of anilines is 1. The van der Waals surface area contributed by atoms with Crippen LogP contribution in [0.1, 0.15) is 16.1 Å². The molecule has 0 aliphatic carbocycles. The van der Waals surface area contributed by atoms with E-state index in [1.54, 1.807) is 17.1 Å². The Labute approximate surface area is 163 Å². The van der Waals surface area contributed by atoms with E-state index in [0.717, 1.165) is 15.6 Å². The molecule has 2 aromatic carbocycles. The number of nitrogens with zero attached hydrogens (tertiary/aromatic N) is 4. The molecule has 0 atom stereocenters. The standard InChI is InChI=1S/C19H14BrN5O2/c20-15-8-6-13(7-9-15)11-25-12-21-19(23-25)22-18(26)17-10-16(24-27-17)14-4-2-1-3-5-14/h1-10,12H,11H2,(H,22,23,26). The highest BCUT2D eigenvalue weighted by atomic mass is 79.9. The highest BCUT2D eigenvalue weighted by Gasteiger charge is 2.16. The van der Waals surface area contributed by atoms with Crippen molar-refractivity contribution in [1.29, 1.82) is 0 Å². The smallest absolute Gasteiger partial charge is 0.296 e. The maximum Gasteiger partial charge on any atom is 0.296 e. The van der Waals surface area contributed by atoms with Crippen LogP contribution in [0.4, 0.5) is 5.95 Å². The average molecular weight is 424 g/mol. The van der Waals surface area contributed by atoms with Gasteiger partial charge in [0.05, 0.1) is 6.54 Å². The van der Waals surface area contributed by atoms with Gasteiger partial charge in [0.25, 0.3) is 5.91 Å². The van der Waals surface area contributed by atoms with E-state index in [1.165, 1.54) is 0 Å². The number of hydrogen-bond donors (Lipinski definition) is 1. The molecule has 0 spiro atoms. The number of carbonyl (C=O) groups is 1. The first-order chi connectivity index (χ1) is 13.2. The second-order valence-corrected chi connectivity index (χ2v) is 6.70. The van der Waals surface area contributed by atoms with Crippen molar-refractivity contribution < 1.29 is 9.32 Å². The van der Waals surface area contributed by atoms with Gasteiger partial charge >= 0.3 is 0 Å². The molecular formula is C19H14BrN5O2. The van der Waals surface area contributed by atoms with Gasteiger partial charge in [-0.05, 0) is 17.7 Å². The summed E-state index contributed by atoms with van der Waals surface area (Å²) in [6.45, 7) is 0.552. The molecule has 8 heteroatoms. The molecule has 0 unspecified atom stereocenters. The fourth-order valence-corrected chi connectivity index (χ4v) is 2.76. The first-order valence-corrected chi connectivity index (χ1v) is 8.94. The predicted octanol–water partition coefficient (Wildman–Crippen LogP) is 4.00. The summed E-state index contributed by atoms with van der Waals surface area (Å²) in [7, 11) is 0. The van der Waals surface area contributed by atoms with Gasteiger partial charge in [0, 0.05) is 16.1 Å². The molecule has 1 N–H and O–H groups in total. The van der Waals surface area contributed by atoms with E-state index in [-0.39, 0.29) is 11.7 Å². The van der Waals surface area contributed by atoms with Gasteiger partial charge in [-0.15, -0.1) is 5.10 Å². The van der Waals surface area contributed by atoms with Crippen molar-refractivity contribution in [1.82, 2.24) is 19.9 Å². The van der Waals surface area contributed by atoms with Crippen LogP contribution in [0.3, 0.4) is 0 Å². The Bertz CT molecular complexity index is 1060. The van der Waals surface area contributed by atoms with Crippen LogP contribution < -0.4 is 5.32 Å². The van der Waals surface area contributed by atoms with Gasteiger partial charge in [0.1, 0.15) is 12.0 Å². The molecule has 2 aromatic heterocycles. The molecule has 0 aliphatic rings. The summed E-state index contributed by atoms with van der Waals surface area (Å²) in [6, 6.07) is 19.0. The fourth-order valence-electron chi connectivity index (χ4n) is 2.50. The summed E-state index contributed by atoms with van der Waals surface area (Å²) in [4.78, 5) is 16.4. The Balaban J connectivity index is 1.42. The average Bonchev–Trinajstić information content (AvgIpc) is 3.34. The summed E-state index contributed by atoms with van der Waals surface area (Å²) >= 11 is 3.40. The van der Waals surface area contributed by atoms with Gasteiger partial charge < -0.3 is 4.52 Å². The summed E-state index contributed by atoms with van der Waals surface area (Å²) in [5.74, 6) is -0.154. The number of amides is 1. The second-order valence-electron chi connectivity index (χ2n) is 5.79. The van der Waals surface area contributed by atoms with E-state index in [0.29, 0.717) is 12.2 Å². The first kappa shape index (κ1) is 17.2. The van der Waals surface area contributed by atoms with Crippen molar-refractivity contribution in [2.75, 3.05) is 5.32 Å². The minimum atomic E-state index is -0.453. The lowest BCUT2D eigenvalue weighted by Gasteiger charge is -2.01. The molecule has 4 rings (SSSR count). The van der Waals surface area contributed by atoms with Crippen molar-refractivity contribution in [3.63, 3.8) is 0 Å². The zero-order valence-electron chi connectivity index (χ0n) is 14.0. The summed E-state index contributed by atoms with van der Waals surface area (Å²) in [6.07, 6.45) is 1.56. The molecule has 0 saturated carbocycles. The van der Waals surface area contributed by atoms with Crippen LogP contribution in [0.2, 0.25) is 0 Å². The number of nitrogens with one attached hydrogen (secondary N) is 1. The lowest BCUT2D eigenvalue weighted by molar-refractivity contribution is 0.0987. The van der Waals surface area contributed by atoms with E-state index < -0.39 is 5.91 Å². The second kappa shape index (κ2) is 7.55. The van der Waals surface area contributed by atoms with Crippen LogP contribution in [-0.2, 0) is 6.54 Å². The van der Waals surface area contributed by atoms with Gasteiger partial charge in [-0.3, -0.25) is 10.1 Å². The van der Waals surface area contributed by atoms with Gasteiger partial charge in [-0.1, -0.05) is 63.6 Å². The Kier molecular flexibility index (Phi) is 4.80. The topological polar surface area (TPSA) is 85.8 Å². The van der Waals surface area contributed by atoms with Crippen LogP contribution in [-0.4, -0.2) is 25.8 Å². The SMILES string of the molecule is O=C(Nc1ncn(Cc2ccc(Br)cc2)n1)c1cc(-c2ccccc2)no1. The Morgan fingerprint density at radius 3 is 2.67 bits per heavy atom. The maximum absolute atomic E-state index is 12.3. The Morgan fingerprint density at radius 1 is 1.11 bits per heavy atom. The minimum absolute atomic E-state index is 0.0955. The molecule has 0 aliphatic heterocycles. The molecule has 1 amide bonds. The van der Waals surface area contributed by atoms with E-state index in [9.17, 15) is 4.79 Å². The largest absolute Gasteiger partial charge is 0.350 e.